The molecule has 1 amide bonds. The Balaban J connectivity index is 2.31. The highest BCUT2D eigenvalue weighted by molar-refractivity contribution is 7.07. The maximum absolute atomic E-state index is 12.5. The fourth-order valence-corrected chi connectivity index (χ4v) is 3.35. The Morgan fingerprint density at radius 2 is 1.74 bits per heavy atom. The van der Waals surface area contributed by atoms with Gasteiger partial charge in [0.15, 0.2) is 0 Å². The van der Waals surface area contributed by atoms with E-state index in [1.54, 1.807) is 5.38 Å². The van der Waals surface area contributed by atoms with E-state index in [1.807, 2.05) is 25.1 Å². The molecule has 5 heteroatoms. The number of hydrogen-bond donors (Lipinski definition) is 1. The molecule has 124 valence electrons. The summed E-state index contributed by atoms with van der Waals surface area (Å²) in [4.78, 5) is 24.1. The Bertz CT molecular complexity index is 730. The fraction of sp³-hybridized carbons (Fsp3) is 0.444. The molecule has 0 fully saturated rings. The molecule has 0 aliphatic rings. The summed E-state index contributed by atoms with van der Waals surface area (Å²) >= 11 is 1.12. The number of carbonyl (C=O) groups excluding carboxylic acids is 1. The van der Waals surface area contributed by atoms with Gasteiger partial charge < -0.3 is 5.32 Å². The first-order valence-electron chi connectivity index (χ1n) is 7.88. The molecule has 1 aromatic heterocycles. The molecule has 2 aromatic rings. The topological polar surface area (TPSA) is 51.1 Å². The third-order valence-corrected chi connectivity index (χ3v) is 4.80. The van der Waals surface area contributed by atoms with Crippen LogP contribution in [-0.4, -0.2) is 10.5 Å². The maximum Gasteiger partial charge on any atom is 0.307 e. The van der Waals surface area contributed by atoms with Crippen LogP contribution in [0.5, 0.6) is 0 Å². The van der Waals surface area contributed by atoms with Crippen molar-refractivity contribution in [1.29, 1.82) is 0 Å². The number of aryl methyl sites for hydroxylation is 1. The van der Waals surface area contributed by atoms with Crippen molar-refractivity contribution in [2.45, 2.75) is 53.0 Å². The maximum atomic E-state index is 12.5. The molecule has 0 aliphatic heterocycles. The Morgan fingerprint density at radius 1 is 1.17 bits per heavy atom. The van der Waals surface area contributed by atoms with E-state index in [9.17, 15) is 9.59 Å². The highest BCUT2D eigenvalue weighted by Gasteiger charge is 2.17. The molecule has 0 radical (unpaired) electrons. The molecule has 23 heavy (non-hydrogen) atoms. The van der Waals surface area contributed by atoms with Gasteiger partial charge >= 0.3 is 4.87 Å². The van der Waals surface area contributed by atoms with Crippen LogP contribution in [-0.2, 0) is 11.3 Å². The van der Waals surface area contributed by atoms with Gasteiger partial charge in [0.2, 0.25) is 5.91 Å². The molecular weight excluding hydrogens is 308 g/mol. The standard InChI is InChI=1S/C18H24N2O2S/c1-11(2)14-7-6-8-15(12(3)4)17(14)19-16(21)9-20-13(5)10-23-18(20)22/h6-8,10-12H,9H2,1-5H3,(H,19,21). The monoisotopic (exact) mass is 332 g/mol. The van der Waals surface area contributed by atoms with Crippen LogP contribution in [0.4, 0.5) is 5.69 Å². The third kappa shape index (κ3) is 3.91. The van der Waals surface area contributed by atoms with Crippen LogP contribution in [0, 0.1) is 6.92 Å². The van der Waals surface area contributed by atoms with Crippen LogP contribution in [0.3, 0.4) is 0 Å². The summed E-state index contributed by atoms with van der Waals surface area (Å²) in [5.74, 6) is 0.466. The smallest absolute Gasteiger partial charge is 0.307 e. The molecule has 0 saturated carbocycles. The van der Waals surface area contributed by atoms with Gasteiger partial charge in [-0.05, 0) is 29.9 Å². The zero-order chi connectivity index (χ0) is 17.1. The van der Waals surface area contributed by atoms with Gasteiger partial charge in [-0.15, -0.1) is 0 Å². The molecule has 0 saturated heterocycles. The van der Waals surface area contributed by atoms with Crippen LogP contribution in [0.1, 0.15) is 56.4 Å². The summed E-state index contributed by atoms with van der Waals surface area (Å²) in [5.41, 5.74) is 3.96. The lowest BCUT2D eigenvalue weighted by Gasteiger charge is -2.20. The highest BCUT2D eigenvalue weighted by Crippen LogP contribution is 2.32. The van der Waals surface area contributed by atoms with Crippen molar-refractivity contribution >= 4 is 22.9 Å². The molecular formula is C18H24N2O2S. The normalized spacial score (nSPS) is 11.3. The van der Waals surface area contributed by atoms with Crippen molar-refractivity contribution in [3.05, 3.63) is 50.1 Å². The average Bonchev–Trinajstić information content (AvgIpc) is 2.78. The number of carbonyl (C=O) groups is 1. The van der Waals surface area contributed by atoms with E-state index in [2.05, 4.69) is 33.0 Å². The van der Waals surface area contributed by atoms with Crippen LogP contribution < -0.4 is 10.2 Å². The molecule has 1 aromatic carbocycles. The number of aromatic nitrogens is 1. The summed E-state index contributed by atoms with van der Waals surface area (Å²) in [6, 6.07) is 6.14. The number of anilines is 1. The zero-order valence-electron chi connectivity index (χ0n) is 14.3. The molecule has 4 nitrogen and oxygen atoms in total. The first kappa shape index (κ1) is 17.5. The predicted octanol–water partition coefficient (Wildman–Crippen LogP) is 4.10. The molecule has 0 spiro atoms. The lowest BCUT2D eigenvalue weighted by molar-refractivity contribution is -0.116. The van der Waals surface area contributed by atoms with Gasteiger partial charge in [0, 0.05) is 16.8 Å². The quantitative estimate of drug-likeness (QED) is 0.896. The number of rotatable bonds is 5. The number of amides is 1. The number of nitrogens with one attached hydrogen (secondary N) is 1. The molecule has 2 rings (SSSR count). The highest BCUT2D eigenvalue weighted by atomic mass is 32.1. The molecule has 1 heterocycles. The Hall–Kier alpha value is -1.88. The van der Waals surface area contributed by atoms with Gasteiger partial charge in [-0.2, -0.15) is 0 Å². The van der Waals surface area contributed by atoms with Crippen molar-refractivity contribution in [1.82, 2.24) is 4.57 Å². The number of hydrogen-bond acceptors (Lipinski definition) is 3. The minimum atomic E-state index is -0.163. The van der Waals surface area contributed by atoms with E-state index in [0.29, 0.717) is 11.8 Å². The van der Waals surface area contributed by atoms with Crippen LogP contribution in [0.25, 0.3) is 0 Å². The van der Waals surface area contributed by atoms with Crippen LogP contribution in [0.15, 0.2) is 28.4 Å². The Morgan fingerprint density at radius 3 is 2.17 bits per heavy atom. The predicted molar refractivity (Wildman–Crippen MR) is 96.6 cm³/mol. The summed E-state index contributed by atoms with van der Waals surface area (Å²) in [7, 11) is 0. The minimum absolute atomic E-state index is 0.0537. The van der Waals surface area contributed by atoms with E-state index < -0.39 is 0 Å². The van der Waals surface area contributed by atoms with Crippen molar-refractivity contribution in [3.63, 3.8) is 0 Å². The average molecular weight is 332 g/mol. The largest absolute Gasteiger partial charge is 0.324 e. The first-order valence-corrected chi connectivity index (χ1v) is 8.76. The van der Waals surface area contributed by atoms with E-state index in [0.717, 1.165) is 33.8 Å². The summed E-state index contributed by atoms with van der Waals surface area (Å²) in [6.07, 6.45) is 0. The van der Waals surface area contributed by atoms with Crippen molar-refractivity contribution in [2.24, 2.45) is 0 Å². The SMILES string of the molecule is Cc1csc(=O)n1CC(=O)Nc1c(C(C)C)cccc1C(C)C. The van der Waals surface area contributed by atoms with Gasteiger partial charge in [0.25, 0.3) is 0 Å². The second kappa shape index (κ2) is 7.13. The van der Waals surface area contributed by atoms with Crippen LogP contribution in [0.2, 0.25) is 0 Å². The minimum Gasteiger partial charge on any atom is -0.324 e. The van der Waals surface area contributed by atoms with Crippen molar-refractivity contribution < 1.29 is 4.79 Å². The fourth-order valence-electron chi connectivity index (χ4n) is 2.61. The van der Waals surface area contributed by atoms with E-state index in [-0.39, 0.29) is 17.3 Å². The van der Waals surface area contributed by atoms with Crippen molar-refractivity contribution in [3.8, 4) is 0 Å². The van der Waals surface area contributed by atoms with Gasteiger partial charge in [-0.1, -0.05) is 57.2 Å². The van der Waals surface area contributed by atoms with Gasteiger partial charge in [0.05, 0.1) is 0 Å². The Labute approximate surface area is 141 Å². The number of thiazole rings is 1. The molecule has 0 bridgehead atoms. The first-order chi connectivity index (χ1) is 10.8. The second-order valence-electron chi connectivity index (χ2n) is 6.40. The number of nitrogens with zero attached hydrogens (tertiary/aromatic N) is 1. The molecule has 0 atom stereocenters. The summed E-state index contributed by atoms with van der Waals surface area (Å²) in [6.45, 7) is 10.3. The second-order valence-corrected chi connectivity index (χ2v) is 7.22. The van der Waals surface area contributed by atoms with Crippen molar-refractivity contribution in [2.75, 3.05) is 5.32 Å². The van der Waals surface area contributed by atoms with Gasteiger partial charge in [-0.3, -0.25) is 14.2 Å². The molecule has 0 unspecified atom stereocenters. The number of para-hydroxylation sites is 1. The lowest BCUT2D eigenvalue weighted by atomic mass is 9.92. The molecule has 1 N–H and O–H groups in total. The van der Waals surface area contributed by atoms with Gasteiger partial charge in [0.1, 0.15) is 6.54 Å². The third-order valence-electron chi connectivity index (χ3n) is 3.92. The van der Waals surface area contributed by atoms with Crippen LogP contribution >= 0.6 is 11.3 Å². The van der Waals surface area contributed by atoms with E-state index in [1.165, 1.54) is 4.57 Å². The summed E-state index contributed by atoms with van der Waals surface area (Å²) < 4.78 is 1.51. The van der Waals surface area contributed by atoms with E-state index >= 15 is 0 Å². The van der Waals surface area contributed by atoms with Gasteiger partial charge in [-0.25, -0.2) is 0 Å². The number of benzene rings is 1. The summed E-state index contributed by atoms with van der Waals surface area (Å²) in [5, 5.41) is 4.82. The zero-order valence-corrected chi connectivity index (χ0v) is 15.2. The Kier molecular flexibility index (Phi) is 5.42. The lowest BCUT2D eigenvalue weighted by Crippen LogP contribution is -2.26. The van der Waals surface area contributed by atoms with E-state index in [4.69, 9.17) is 0 Å². The molecule has 0 aliphatic carbocycles.